The Balaban J connectivity index is 2.37. The minimum absolute atomic E-state index is 0.115. The molecule has 0 spiro atoms. The van der Waals surface area contributed by atoms with E-state index in [0.29, 0.717) is 12.5 Å². The van der Waals surface area contributed by atoms with Crippen molar-refractivity contribution in [3.63, 3.8) is 0 Å². The average Bonchev–Trinajstić information content (AvgIpc) is 2.82. The molecule has 8 heteroatoms. The van der Waals surface area contributed by atoms with Crippen LogP contribution < -0.4 is 0 Å². The standard InChI is InChI=1S/C13H17F2NO4S/c1-19-8-10-6-11(20-2)7-16(10)21(17,18)13-4-3-9(14)5-12(13)15/h3-5,10-11H,6-8H2,1-2H3/t10-,11+/m0/s1. The fourth-order valence-corrected chi connectivity index (χ4v) is 4.16. The maximum absolute atomic E-state index is 13.8. The number of methoxy groups -OCH3 is 2. The first-order valence-corrected chi connectivity index (χ1v) is 7.82. The Labute approximate surface area is 122 Å². The average molecular weight is 321 g/mol. The van der Waals surface area contributed by atoms with Crippen LogP contribution in [0.3, 0.4) is 0 Å². The first kappa shape index (κ1) is 16.3. The van der Waals surface area contributed by atoms with Gasteiger partial charge in [-0.2, -0.15) is 4.31 Å². The second-order valence-electron chi connectivity index (χ2n) is 4.85. The Hall–Kier alpha value is -1.09. The van der Waals surface area contributed by atoms with Crippen LogP contribution in [0.15, 0.2) is 23.1 Å². The maximum atomic E-state index is 13.8. The lowest BCUT2D eigenvalue weighted by Gasteiger charge is -2.23. The van der Waals surface area contributed by atoms with Gasteiger partial charge in [-0.15, -0.1) is 0 Å². The van der Waals surface area contributed by atoms with E-state index in [9.17, 15) is 17.2 Å². The van der Waals surface area contributed by atoms with Gasteiger partial charge in [0.25, 0.3) is 0 Å². The summed E-state index contributed by atoms with van der Waals surface area (Å²) in [7, 11) is -1.12. The lowest BCUT2D eigenvalue weighted by Crippen LogP contribution is -2.38. The molecule has 1 saturated heterocycles. The summed E-state index contributed by atoms with van der Waals surface area (Å²) in [6.45, 7) is 0.297. The van der Waals surface area contributed by atoms with Crippen LogP contribution in [-0.2, 0) is 19.5 Å². The van der Waals surface area contributed by atoms with Gasteiger partial charge in [0.2, 0.25) is 10.0 Å². The smallest absolute Gasteiger partial charge is 0.246 e. The Bertz CT molecular complexity index is 608. The molecule has 2 atom stereocenters. The third kappa shape index (κ3) is 3.23. The number of benzene rings is 1. The molecule has 1 aliphatic rings. The summed E-state index contributed by atoms with van der Waals surface area (Å²) in [6, 6.07) is 1.98. The van der Waals surface area contributed by atoms with Crippen LogP contribution in [0.2, 0.25) is 0 Å². The summed E-state index contributed by atoms with van der Waals surface area (Å²) in [5.74, 6) is -1.93. The molecule has 0 N–H and O–H groups in total. The van der Waals surface area contributed by atoms with Crippen LogP contribution >= 0.6 is 0 Å². The molecule has 1 heterocycles. The van der Waals surface area contributed by atoms with E-state index >= 15 is 0 Å². The summed E-state index contributed by atoms with van der Waals surface area (Å²) in [5, 5.41) is 0. The lowest BCUT2D eigenvalue weighted by molar-refractivity contribution is 0.110. The molecule has 0 aromatic heterocycles. The largest absolute Gasteiger partial charge is 0.383 e. The number of hydrogen-bond donors (Lipinski definition) is 0. The van der Waals surface area contributed by atoms with Crippen LogP contribution in [0.1, 0.15) is 6.42 Å². The van der Waals surface area contributed by atoms with Gasteiger partial charge in [-0.1, -0.05) is 0 Å². The number of sulfonamides is 1. The summed E-state index contributed by atoms with van der Waals surface area (Å²) in [4.78, 5) is -0.540. The van der Waals surface area contributed by atoms with E-state index in [4.69, 9.17) is 9.47 Å². The number of halogens is 2. The molecule has 21 heavy (non-hydrogen) atoms. The van der Waals surface area contributed by atoms with Crippen molar-refractivity contribution >= 4 is 10.0 Å². The molecule has 2 rings (SSSR count). The molecule has 0 amide bonds. The van der Waals surface area contributed by atoms with Gasteiger partial charge in [0.05, 0.1) is 18.8 Å². The van der Waals surface area contributed by atoms with E-state index in [1.54, 1.807) is 0 Å². The zero-order chi connectivity index (χ0) is 15.6. The highest BCUT2D eigenvalue weighted by atomic mass is 32.2. The van der Waals surface area contributed by atoms with Crippen LogP contribution in [0.5, 0.6) is 0 Å². The van der Waals surface area contributed by atoms with Crippen molar-refractivity contribution in [1.82, 2.24) is 4.31 Å². The molecule has 0 bridgehead atoms. The minimum Gasteiger partial charge on any atom is -0.383 e. The molecular formula is C13H17F2NO4S. The third-order valence-electron chi connectivity index (χ3n) is 3.50. The Kier molecular flexibility index (Phi) is 4.92. The molecule has 0 radical (unpaired) electrons. The van der Waals surface area contributed by atoms with Crippen molar-refractivity contribution in [2.24, 2.45) is 0 Å². The number of rotatable bonds is 5. The highest BCUT2D eigenvalue weighted by Crippen LogP contribution is 2.29. The van der Waals surface area contributed by atoms with E-state index in [-0.39, 0.29) is 19.3 Å². The predicted molar refractivity (Wildman–Crippen MR) is 71.3 cm³/mol. The molecule has 118 valence electrons. The highest BCUT2D eigenvalue weighted by Gasteiger charge is 2.41. The van der Waals surface area contributed by atoms with Gasteiger partial charge in [-0.25, -0.2) is 17.2 Å². The summed E-state index contributed by atoms with van der Waals surface area (Å²) >= 11 is 0. The molecule has 1 aromatic carbocycles. The fraction of sp³-hybridized carbons (Fsp3) is 0.538. The SMILES string of the molecule is COC[C@@H]1C[C@@H](OC)CN1S(=O)(=O)c1ccc(F)cc1F. The molecule has 1 aromatic rings. The van der Waals surface area contributed by atoms with Crippen molar-refractivity contribution in [2.75, 3.05) is 27.4 Å². The van der Waals surface area contributed by atoms with Crippen molar-refractivity contribution in [3.8, 4) is 0 Å². The number of hydrogen-bond acceptors (Lipinski definition) is 4. The molecule has 0 aliphatic carbocycles. The maximum Gasteiger partial charge on any atom is 0.246 e. The third-order valence-corrected chi connectivity index (χ3v) is 5.45. The summed E-state index contributed by atoms with van der Waals surface area (Å²) < 4.78 is 63.2. The normalized spacial score (nSPS) is 23.6. The van der Waals surface area contributed by atoms with Crippen LogP contribution in [0.4, 0.5) is 8.78 Å². The van der Waals surface area contributed by atoms with E-state index < -0.39 is 32.6 Å². The van der Waals surface area contributed by atoms with Gasteiger partial charge in [0.15, 0.2) is 0 Å². The predicted octanol–water partition coefficient (Wildman–Crippen LogP) is 1.39. The van der Waals surface area contributed by atoms with Gasteiger partial charge < -0.3 is 9.47 Å². The highest BCUT2D eigenvalue weighted by molar-refractivity contribution is 7.89. The van der Waals surface area contributed by atoms with E-state index in [1.165, 1.54) is 14.2 Å². The van der Waals surface area contributed by atoms with Gasteiger partial charge in [0, 0.05) is 26.8 Å². The van der Waals surface area contributed by atoms with Crippen molar-refractivity contribution < 1.29 is 26.7 Å². The first-order chi connectivity index (χ1) is 9.90. The second kappa shape index (κ2) is 6.35. The van der Waals surface area contributed by atoms with Crippen molar-refractivity contribution in [1.29, 1.82) is 0 Å². The van der Waals surface area contributed by atoms with E-state index in [2.05, 4.69) is 0 Å². The lowest BCUT2D eigenvalue weighted by atomic mass is 10.2. The van der Waals surface area contributed by atoms with Crippen molar-refractivity contribution in [2.45, 2.75) is 23.5 Å². The zero-order valence-electron chi connectivity index (χ0n) is 11.8. The fourth-order valence-electron chi connectivity index (χ4n) is 2.46. The molecular weight excluding hydrogens is 304 g/mol. The second-order valence-corrected chi connectivity index (χ2v) is 6.71. The molecule has 1 aliphatic heterocycles. The molecule has 5 nitrogen and oxygen atoms in total. The van der Waals surface area contributed by atoms with Crippen LogP contribution in [0.25, 0.3) is 0 Å². The van der Waals surface area contributed by atoms with E-state index in [1.807, 2.05) is 0 Å². The summed E-state index contributed by atoms with van der Waals surface area (Å²) in [6.07, 6.45) is 0.190. The summed E-state index contributed by atoms with van der Waals surface area (Å²) in [5.41, 5.74) is 0. The van der Waals surface area contributed by atoms with Gasteiger partial charge in [0.1, 0.15) is 16.5 Å². The van der Waals surface area contributed by atoms with E-state index in [0.717, 1.165) is 16.4 Å². The van der Waals surface area contributed by atoms with Crippen molar-refractivity contribution in [3.05, 3.63) is 29.8 Å². The number of ether oxygens (including phenoxy) is 2. The Morgan fingerprint density at radius 1 is 1.33 bits per heavy atom. The van der Waals surface area contributed by atoms with Gasteiger partial charge >= 0.3 is 0 Å². The van der Waals surface area contributed by atoms with Crippen LogP contribution in [0, 0.1) is 11.6 Å². The van der Waals surface area contributed by atoms with Gasteiger partial charge in [-0.05, 0) is 18.6 Å². The molecule has 0 unspecified atom stereocenters. The first-order valence-electron chi connectivity index (χ1n) is 6.38. The molecule has 0 saturated carbocycles. The Morgan fingerprint density at radius 3 is 2.62 bits per heavy atom. The Morgan fingerprint density at radius 2 is 2.05 bits per heavy atom. The number of nitrogens with zero attached hydrogens (tertiary/aromatic N) is 1. The zero-order valence-corrected chi connectivity index (χ0v) is 12.6. The minimum atomic E-state index is -4.07. The monoisotopic (exact) mass is 321 g/mol. The molecule has 1 fully saturated rings. The van der Waals surface area contributed by atoms with Gasteiger partial charge in [-0.3, -0.25) is 0 Å². The van der Waals surface area contributed by atoms with Crippen LogP contribution in [-0.4, -0.2) is 52.2 Å². The topological polar surface area (TPSA) is 55.8 Å². The quantitative estimate of drug-likeness (QED) is 0.822.